The molecule has 1 aromatic carbocycles. The van der Waals surface area contributed by atoms with Gasteiger partial charge >= 0.3 is 0 Å². The van der Waals surface area contributed by atoms with Gasteiger partial charge in [0, 0.05) is 17.5 Å². The van der Waals surface area contributed by atoms with Crippen LogP contribution in [0.3, 0.4) is 0 Å². The van der Waals surface area contributed by atoms with E-state index in [1.165, 1.54) is 0 Å². The molecule has 0 aliphatic heterocycles. The fraction of sp³-hybridized carbons (Fsp3) is 0.167. The van der Waals surface area contributed by atoms with E-state index in [9.17, 15) is 0 Å². The van der Waals surface area contributed by atoms with Crippen LogP contribution in [-0.4, -0.2) is 6.54 Å². The minimum atomic E-state index is -0.146. The van der Waals surface area contributed by atoms with Gasteiger partial charge in [0.15, 0.2) is 0 Å². The highest BCUT2D eigenvalue weighted by atomic mass is 35.5. The SMILES string of the molecule is NCC(Oc1ccc(Cl)c(Cl)c1)c1cccs1. The van der Waals surface area contributed by atoms with Crippen LogP contribution < -0.4 is 10.5 Å². The Morgan fingerprint density at radius 3 is 2.65 bits per heavy atom. The molecule has 1 aromatic heterocycles. The van der Waals surface area contributed by atoms with Crippen molar-refractivity contribution in [2.24, 2.45) is 5.73 Å². The topological polar surface area (TPSA) is 35.2 Å². The van der Waals surface area contributed by atoms with Crippen LogP contribution in [0.4, 0.5) is 0 Å². The van der Waals surface area contributed by atoms with Gasteiger partial charge in [-0.3, -0.25) is 0 Å². The molecule has 0 fully saturated rings. The lowest BCUT2D eigenvalue weighted by Gasteiger charge is -2.16. The number of ether oxygens (including phenoxy) is 1. The smallest absolute Gasteiger partial charge is 0.145 e. The largest absolute Gasteiger partial charge is 0.484 e. The maximum absolute atomic E-state index is 5.92. The standard InChI is InChI=1S/C12H11Cl2NOS/c13-9-4-3-8(6-10(9)14)16-11(7-15)12-2-1-5-17-12/h1-6,11H,7,15H2. The zero-order valence-electron chi connectivity index (χ0n) is 8.90. The second-order valence-corrected chi connectivity index (χ2v) is 5.23. The molecule has 0 aliphatic carbocycles. The quantitative estimate of drug-likeness (QED) is 0.918. The molecule has 0 amide bonds. The normalized spacial score (nSPS) is 12.4. The number of hydrogen-bond acceptors (Lipinski definition) is 3. The molecule has 0 aliphatic rings. The summed E-state index contributed by atoms with van der Waals surface area (Å²) in [5.74, 6) is 0.670. The molecule has 2 nitrogen and oxygen atoms in total. The average Bonchev–Trinajstić information content (AvgIpc) is 2.84. The Bertz CT molecular complexity index is 487. The van der Waals surface area contributed by atoms with Crippen molar-refractivity contribution in [3.63, 3.8) is 0 Å². The van der Waals surface area contributed by atoms with Crippen molar-refractivity contribution in [3.8, 4) is 5.75 Å². The van der Waals surface area contributed by atoms with Gasteiger partial charge in [0.1, 0.15) is 11.9 Å². The van der Waals surface area contributed by atoms with Gasteiger partial charge in [-0.25, -0.2) is 0 Å². The predicted octanol–water partition coefficient (Wildman–Crippen LogP) is 4.13. The van der Waals surface area contributed by atoms with Crippen molar-refractivity contribution in [2.75, 3.05) is 6.54 Å². The third kappa shape index (κ3) is 3.13. The van der Waals surface area contributed by atoms with Crippen LogP contribution >= 0.6 is 34.5 Å². The molecule has 5 heteroatoms. The molecule has 1 heterocycles. The summed E-state index contributed by atoms with van der Waals surface area (Å²) in [7, 11) is 0. The summed E-state index contributed by atoms with van der Waals surface area (Å²) < 4.78 is 5.79. The first-order valence-corrected chi connectivity index (χ1v) is 6.69. The molecule has 2 aromatic rings. The molecule has 0 radical (unpaired) electrons. The van der Waals surface area contributed by atoms with Gasteiger partial charge in [-0.05, 0) is 23.6 Å². The third-order valence-corrected chi connectivity index (χ3v) is 3.95. The van der Waals surface area contributed by atoms with Crippen molar-refractivity contribution in [1.82, 2.24) is 0 Å². The first kappa shape index (κ1) is 12.7. The van der Waals surface area contributed by atoms with E-state index in [-0.39, 0.29) is 6.10 Å². The molecular weight excluding hydrogens is 277 g/mol. The molecule has 0 bridgehead atoms. The molecule has 1 atom stereocenters. The van der Waals surface area contributed by atoms with Crippen LogP contribution in [0, 0.1) is 0 Å². The summed E-state index contributed by atoms with van der Waals surface area (Å²) in [5, 5.41) is 2.99. The highest BCUT2D eigenvalue weighted by molar-refractivity contribution is 7.10. The molecule has 1 unspecified atom stereocenters. The minimum Gasteiger partial charge on any atom is -0.484 e. The van der Waals surface area contributed by atoms with E-state index >= 15 is 0 Å². The van der Waals surface area contributed by atoms with Gasteiger partial charge in [0.2, 0.25) is 0 Å². The fourth-order valence-electron chi connectivity index (χ4n) is 1.41. The zero-order chi connectivity index (χ0) is 12.3. The Kier molecular flexibility index (Phi) is 4.29. The summed E-state index contributed by atoms with van der Waals surface area (Å²) in [6.45, 7) is 0.417. The first-order chi connectivity index (χ1) is 8.20. The summed E-state index contributed by atoms with van der Waals surface area (Å²) in [6, 6.07) is 9.16. The van der Waals surface area contributed by atoms with E-state index in [0.29, 0.717) is 22.3 Å². The van der Waals surface area contributed by atoms with E-state index in [2.05, 4.69) is 0 Å². The van der Waals surface area contributed by atoms with Crippen molar-refractivity contribution in [2.45, 2.75) is 6.10 Å². The molecule has 17 heavy (non-hydrogen) atoms. The van der Waals surface area contributed by atoms with Gasteiger partial charge in [0.25, 0.3) is 0 Å². The van der Waals surface area contributed by atoms with Gasteiger partial charge < -0.3 is 10.5 Å². The maximum atomic E-state index is 5.92. The molecule has 90 valence electrons. The van der Waals surface area contributed by atoms with Crippen LogP contribution in [-0.2, 0) is 0 Å². The maximum Gasteiger partial charge on any atom is 0.145 e. The highest BCUT2D eigenvalue weighted by Crippen LogP contribution is 2.30. The second kappa shape index (κ2) is 5.74. The number of hydrogen-bond donors (Lipinski definition) is 1. The van der Waals surface area contributed by atoms with Gasteiger partial charge in [-0.1, -0.05) is 29.3 Å². The van der Waals surface area contributed by atoms with Gasteiger partial charge in [0.05, 0.1) is 10.0 Å². The highest BCUT2D eigenvalue weighted by Gasteiger charge is 2.13. The Hall–Kier alpha value is -0.740. The Balaban J connectivity index is 2.16. The van der Waals surface area contributed by atoms with Crippen molar-refractivity contribution >= 4 is 34.5 Å². The number of benzene rings is 1. The van der Waals surface area contributed by atoms with Crippen molar-refractivity contribution < 1.29 is 4.74 Å². The zero-order valence-corrected chi connectivity index (χ0v) is 11.2. The molecule has 0 spiro atoms. The Morgan fingerprint density at radius 2 is 2.06 bits per heavy atom. The van der Waals surface area contributed by atoms with E-state index in [1.54, 1.807) is 29.5 Å². The molecule has 0 saturated heterocycles. The van der Waals surface area contributed by atoms with Gasteiger partial charge in [-0.2, -0.15) is 0 Å². The van der Waals surface area contributed by atoms with E-state index in [1.807, 2.05) is 17.5 Å². The Labute approximate surface area is 114 Å². The number of nitrogens with two attached hydrogens (primary N) is 1. The summed E-state index contributed by atoms with van der Waals surface area (Å²) in [4.78, 5) is 1.10. The number of halogens is 2. The predicted molar refractivity (Wildman–Crippen MR) is 73.2 cm³/mol. The molecule has 2 rings (SSSR count). The summed E-state index contributed by atoms with van der Waals surface area (Å²) >= 11 is 13.4. The third-order valence-electron chi connectivity index (χ3n) is 2.24. The summed E-state index contributed by atoms with van der Waals surface area (Å²) in [6.07, 6.45) is -0.146. The van der Waals surface area contributed by atoms with Crippen LogP contribution in [0.2, 0.25) is 10.0 Å². The monoisotopic (exact) mass is 287 g/mol. The number of rotatable bonds is 4. The lowest BCUT2D eigenvalue weighted by atomic mass is 10.3. The average molecular weight is 288 g/mol. The van der Waals surface area contributed by atoms with Crippen LogP contribution in [0.5, 0.6) is 5.75 Å². The first-order valence-electron chi connectivity index (χ1n) is 5.06. The van der Waals surface area contributed by atoms with Crippen molar-refractivity contribution in [3.05, 3.63) is 50.6 Å². The van der Waals surface area contributed by atoms with Crippen LogP contribution in [0.1, 0.15) is 11.0 Å². The lowest BCUT2D eigenvalue weighted by Crippen LogP contribution is -2.17. The second-order valence-electron chi connectivity index (χ2n) is 3.43. The fourth-order valence-corrected chi connectivity index (χ4v) is 2.47. The van der Waals surface area contributed by atoms with E-state index < -0.39 is 0 Å². The molecule has 0 saturated carbocycles. The summed E-state index contributed by atoms with van der Waals surface area (Å²) in [5.41, 5.74) is 5.70. The van der Waals surface area contributed by atoms with Crippen LogP contribution in [0.15, 0.2) is 35.7 Å². The molecule has 2 N–H and O–H groups in total. The van der Waals surface area contributed by atoms with Crippen molar-refractivity contribution in [1.29, 1.82) is 0 Å². The van der Waals surface area contributed by atoms with Crippen LogP contribution in [0.25, 0.3) is 0 Å². The van der Waals surface area contributed by atoms with E-state index in [4.69, 9.17) is 33.7 Å². The van der Waals surface area contributed by atoms with E-state index in [0.717, 1.165) is 4.88 Å². The molecular formula is C12H11Cl2NOS. The lowest BCUT2D eigenvalue weighted by molar-refractivity contribution is 0.218. The Morgan fingerprint density at radius 1 is 1.24 bits per heavy atom. The number of thiophene rings is 1. The minimum absolute atomic E-state index is 0.146. The van der Waals surface area contributed by atoms with Gasteiger partial charge in [-0.15, -0.1) is 11.3 Å².